The van der Waals surface area contributed by atoms with Crippen molar-refractivity contribution in [2.24, 2.45) is 0 Å². The average Bonchev–Trinajstić information content (AvgIpc) is 2.90. The van der Waals surface area contributed by atoms with Crippen LogP contribution in [0.1, 0.15) is 38.2 Å². The summed E-state index contributed by atoms with van der Waals surface area (Å²) in [5.41, 5.74) is 2.21. The van der Waals surface area contributed by atoms with Gasteiger partial charge in [0.25, 0.3) is 5.91 Å². The number of imide groups is 1. The SMILES string of the molecule is CCCN1C(=O)N/C(=C/c2ccc(N3CCCCC3)cc2OC)C1=O. The maximum Gasteiger partial charge on any atom is 0.329 e. The third-order valence-electron chi connectivity index (χ3n) is 4.65. The molecule has 2 saturated heterocycles. The number of benzene rings is 1. The zero-order chi connectivity index (χ0) is 17.8. The number of hydrogen-bond donors (Lipinski definition) is 1. The summed E-state index contributed by atoms with van der Waals surface area (Å²) in [6.07, 6.45) is 6.13. The van der Waals surface area contributed by atoms with Crippen LogP contribution in [0.2, 0.25) is 0 Å². The Morgan fingerprint density at radius 2 is 1.96 bits per heavy atom. The van der Waals surface area contributed by atoms with Crippen molar-refractivity contribution in [1.29, 1.82) is 0 Å². The Morgan fingerprint density at radius 3 is 2.64 bits per heavy atom. The molecule has 1 N–H and O–H groups in total. The van der Waals surface area contributed by atoms with E-state index in [0.717, 1.165) is 30.8 Å². The standard InChI is InChI=1S/C19H25N3O3/c1-3-9-22-18(23)16(20-19(22)24)12-14-7-8-15(13-17(14)25-2)21-10-5-4-6-11-21/h7-8,12-13H,3-6,9-11H2,1-2H3,(H,20,24)/b16-12+. The summed E-state index contributed by atoms with van der Waals surface area (Å²) in [4.78, 5) is 27.8. The fourth-order valence-electron chi connectivity index (χ4n) is 3.32. The topological polar surface area (TPSA) is 61.9 Å². The van der Waals surface area contributed by atoms with Crippen LogP contribution in [0.25, 0.3) is 6.08 Å². The van der Waals surface area contributed by atoms with Crippen LogP contribution in [-0.4, -0.2) is 43.6 Å². The van der Waals surface area contributed by atoms with Gasteiger partial charge in [-0.2, -0.15) is 0 Å². The number of carbonyl (C=O) groups is 2. The Hall–Kier alpha value is -2.50. The van der Waals surface area contributed by atoms with Crippen molar-refractivity contribution in [3.63, 3.8) is 0 Å². The van der Waals surface area contributed by atoms with Crippen molar-refractivity contribution in [2.45, 2.75) is 32.6 Å². The molecule has 6 nitrogen and oxygen atoms in total. The molecule has 0 radical (unpaired) electrons. The fraction of sp³-hybridized carbons (Fsp3) is 0.474. The molecule has 2 heterocycles. The summed E-state index contributed by atoms with van der Waals surface area (Å²) < 4.78 is 5.51. The number of nitrogens with zero attached hydrogens (tertiary/aromatic N) is 2. The van der Waals surface area contributed by atoms with Crippen molar-refractivity contribution in [1.82, 2.24) is 10.2 Å². The molecule has 0 atom stereocenters. The monoisotopic (exact) mass is 343 g/mol. The van der Waals surface area contributed by atoms with Crippen LogP contribution in [-0.2, 0) is 4.79 Å². The van der Waals surface area contributed by atoms with Crippen LogP contribution in [0.4, 0.5) is 10.5 Å². The minimum atomic E-state index is -0.359. The van der Waals surface area contributed by atoms with Gasteiger partial charge >= 0.3 is 6.03 Å². The number of carbonyl (C=O) groups excluding carboxylic acids is 2. The summed E-state index contributed by atoms with van der Waals surface area (Å²) in [5.74, 6) is 0.417. The van der Waals surface area contributed by atoms with E-state index < -0.39 is 0 Å². The van der Waals surface area contributed by atoms with E-state index in [-0.39, 0.29) is 11.9 Å². The maximum absolute atomic E-state index is 12.3. The zero-order valence-corrected chi connectivity index (χ0v) is 14.9. The summed E-state index contributed by atoms with van der Waals surface area (Å²) in [5, 5.41) is 2.65. The van der Waals surface area contributed by atoms with Crippen molar-refractivity contribution >= 4 is 23.7 Å². The highest BCUT2D eigenvalue weighted by atomic mass is 16.5. The number of urea groups is 1. The second-order valence-electron chi connectivity index (χ2n) is 6.42. The van der Waals surface area contributed by atoms with Gasteiger partial charge in [0.2, 0.25) is 0 Å². The largest absolute Gasteiger partial charge is 0.496 e. The molecule has 1 aromatic carbocycles. The molecule has 1 aromatic rings. The normalized spacial score (nSPS) is 19.5. The molecule has 0 saturated carbocycles. The Bertz CT molecular complexity index is 693. The summed E-state index contributed by atoms with van der Waals surface area (Å²) in [6, 6.07) is 5.63. The van der Waals surface area contributed by atoms with Crippen LogP contribution in [0.3, 0.4) is 0 Å². The fourth-order valence-corrected chi connectivity index (χ4v) is 3.32. The van der Waals surface area contributed by atoms with E-state index in [9.17, 15) is 9.59 Å². The second kappa shape index (κ2) is 7.59. The molecular weight excluding hydrogens is 318 g/mol. The van der Waals surface area contributed by atoms with Gasteiger partial charge in [-0.15, -0.1) is 0 Å². The molecule has 2 aliphatic heterocycles. The molecule has 134 valence electrons. The molecule has 6 heteroatoms. The van der Waals surface area contributed by atoms with Gasteiger partial charge in [0.15, 0.2) is 0 Å². The average molecular weight is 343 g/mol. The zero-order valence-electron chi connectivity index (χ0n) is 14.9. The van der Waals surface area contributed by atoms with Gasteiger partial charge in [0, 0.05) is 37.0 Å². The predicted octanol–water partition coefficient (Wildman–Crippen LogP) is 2.99. The van der Waals surface area contributed by atoms with E-state index in [1.807, 2.05) is 25.1 Å². The number of amides is 3. The lowest BCUT2D eigenvalue weighted by Crippen LogP contribution is -2.31. The van der Waals surface area contributed by atoms with Gasteiger partial charge in [0.05, 0.1) is 7.11 Å². The minimum Gasteiger partial charge on any atom is -0.496 e. The lowest BCUT2D eigenvalue weighted by molar-refractivity contribution is -0.122. The van der Waals surface area contributed by atoms with Gasteiger partial charge < -0.3 is 15.0 Å². The first-order valence-corrected chi connectivity index (χ1v) is 8.91. The minimum absolute atomic E-state index is 0.283. The summed E-state index contributed by atoms with van der Waals surface area (Å²) in [6.45, 7) is 4.48. The highest BCUT2D eigenvalue weighted by Crippen LogP contribution is 2.29. The number of ether oxygens (including phenoxy) is 1. The highest BCUT2D eigenvalue weighted by Gasteiger charge is 2.32. The molecule has 0 unspecified atom stereocenters. The number of nitrogens with one attached hydrogen (secondary N) is 1. The van der Waals surface area contributed by atoms with Crippen LogP contribution >= 0.6 is 0 Å². The first-order chi connectivity index (χ1) is 12.1. The number of anilines is 1. The van der Waals surface area contributed by atoms with Gasteiger partial charge in [-0.25, -0.2) is 4.79 Å². The van der Waals surface area contributed by atoms with E-state index in [1.54, 1.807) is 13.2 Å². The third-order valence-corrected chi connectivity index (χ3v) is 4.65. The van der Waals surface area contributed by atoms with E-state index >= 15 is 0 Å². The van der Waals surface area contributed by atoms with Gasteiger partial charge in [-0.1, -0.05) is 6.92 Å². The second-order valence-corrected chi connectivity index (χ2v) is 6.42. The van der Waals surface area contributed by atoms with Crippen LogP contribution in [0.5, 0.6) is 5.75 Å². The summed E-state index contributed by atoms with van der Waals surface area (Å²) >= 11 is 0. The van der Waals surface area contributed by atoms with Gasteiger partial charge in [-0.3, -0.25) is 9.69 Å². The first-order valence-electron chi connectivity index (χ1n) is 8.91. The number of piperidine rings is 1. The van der Waals surface area contributed by atoms with Crippen LogP contribution in [0.15, 0.2) is 23.9 Å². The van der Waals surface area contributed by atoms with E-state index in [4.69, 9.17) is 4.74 Å². The molecule has 2 aliphatic rings. The number of methoxy groups -OCH3 is 1. The first kappa shape index (κ1) is 17.3. The van der Waals surface area contributed by atoms with Gasteiger partial charge in [-0.05, 0) is 43.9 Å². The van der Waals surface area contributed by atoms with E-state index in [2.05, 4.69) is 10.2 Å². The summed E-state index contributed by atoms with van der Waals surface area (Å²) in [7, 11) is 1.62. The third kappa shape index (κ3) is 3.62. The molecule has 2 fully saturated rings. The molecule has 0 spiro atoms. The number of rotatable bonds is 5. The lowest BCUT2D eigenvalue weighted by atomic mass is 10.1. The Labute approximate surface area is 148 Å². The molecule has 0 aliphatic carbocycles. The molecule has 0 aromatic heterocycles. The molecule has 0 bridgehead atoms. The number of hydrogen-bond acceptors (Lipinski definition) is 4. The lowest BCUT2D eigenvalue weighted by Gasteiger charge is -2.29. The molecule has 3 rings (SSSR count). The quantitative estimate of drug-likeness (QED) is 0.659. The highest BCUT2D eigenvalue weighted by molar-refractivity contribution is 6.14. The Kier molecular flexibility index (Phi) is 5.26. The van der Waals surface area contributed by atoms with Crippen LogP contribution < -0.4 is 15.0 Å². The Morgan fingerprint density at radius 1 is 1.20 bits per heavy atom. The van der Waals surface area contributed by atoms with Crippen LogP contribution in [0, 0.1) is 0 Å². The van der Waals surface area contributed by atoms with E-state index in [1.165, 1.54) is 24.2 Å². The molecule has 3 amide bonds. The Balaban J connectivity index is 1.85. The van der Waals surface area contributed by atoms with E-state index in [0.29, 0.717) is 18.0 Å². The maximum atomic E-state index is 12.3. The van der Waals surface area contributed by atoms with Crippen molar-refractivity contribution in [3.05, 3.63) is 29.5 Å². The van der Waals surface area contributed by atoms with Crippen molar-refractivity contribution in [2.75, 3.05) is 31.6 Å². The van der Waals surface area contributed by atoms with Crippen molar-refractivity contribution < 1.29 is 14.3 Å². The molecular formula is C19H25N3O3. The smallest absolute Gasteiger partial charge is 0.329 e. The van der Waals surface area contributed by atoms with Crippen molar-refractivity contribution in [3.8, 4) is 5.75 Å². The van der Waals surface area contributed by atoms with Gasteiger partial charge in [0.1, 0.15) is 11.4 Å². The predicted molar refractivity (Wildman–Crippen MR) is 97.6 cm³/mol. The molecule has 25 heavy (non-hydrogen) atoms.